The van der Waals surface area contributed by atoms with Crippen molar-refractivity contribution in [3.05, 3.63) is 70.2 Å². The lowest BCUT2D eigenvalue weighted by atomic mass is 9.82. The van der Waals surface area contributed by atoms with Crippen LogP contribution in [-0.2, 0) is 4.79 Å². The Morgan fingerprint density at radius 2 is 1.75 bits per heavy atom. The Morgan fingerprint density at radius 1 is 1.14 bits per heavy atom. The molecule has 0 amide bonds. The maximum atomic E-state index is 12.2. The average Bonchev–Trinajstić information content (AvgIpc) is 3.23. The highest BCUT2D eigenvalue weighted by atomic mass is 35.5. The van der Waals surface area contributed by atoms with E-state index in [2.05, 4.69) is 17.5 Å². The van der Waals surface area contributed by atoms with Crippen molar-refractivity contribution in [2.75, 3.05) is 0 Å². The molecular weight excluding hydrogens is 417 g/mol. The van der Waals surface area contributed by atoms with Crippen LogP contribution in [0.25, 0.3) is 0 Å². The Balaban J connectivity index is 2.00. The van der Waals surface area contributed by atoms with Crippen molar-refractivity contribution in [3.63, 3.8) is 0 Å². The van der Waals surface area contributed by atoms with E-state index < -0.39 is 22.8 Å². The van der Waals surface area contributed by atoms with Gasteiger partial charge in [0.25, 0.3) is 0 Å². The maximum absolute atomic E-state index is 12.2. The highest BCUT2D eigenvalue weighted by molar-refractivity contribution is 7.78. The minimum atomic E-state index is -1.15. The number of halogens is 2. The first-order valence-electron chi connectivity index (χ1n) is 8.74. The molecule has 3 rings (SSSR count). The minimum Gasteiger partial charge on any atom is -0.481 e. The molecule has 4 nitrogen and oxygen atoms in total. The van der Waals surface area contributed by atoms with Gasteiger partial charge in [-0.05, 0) is 41.7 Å². The Morgan fingerprint density at radius 3 is 2.25 bits per heavy atom. The fourth-order valence-electron chi connectivity index (χ4n) is 3.76. The molecule has 1 aliphatic carbocycles. The molecule has 0 bridgehead atoms. The van der Waals surface area contributed by atoms with E-state index in [1.807, 2.05) is 68.4 Å². The molecule has 0 radical (unpaired) electrons. The van der Waals surface area contributed by atoms with Crippen LogP contribution in [0.15, 0.2) is 64.7 Å². The van der Waals surface area contributed by atoms with Crippen LogP contribution in [-0.4, -0.2) is 11.1 Å². The molecule has 0 spiro atoms. The van der Waals surface area contributed by atoms with Crippen LogP contribution >= 0.6 is 36.0 Å². The van der Waals surface area contributed by atoms with Crippen molar-refractivity contribution in [1.29, 1.82) is 0 Å². The fraction of sp³-hybridized carbons (Fsp3) is 0.286. The Hall–Kier alpha value is -1.66. The van der Waals surface area contributed by atoms with Crippen LogP contribution in [0.1, 0.15) is 31.9 Å². The van der Waals surface area contributed by atoms with Crippen LogP contribution in [0.3, 0.4) is 0 Å². The van der Waals surface area contributed by atoms with Crippen LogP contribution in [0.2, 0.25) is 0 Å². The van der Waals surface area contributed by atoms with E-state index in [9.17, 15) is 9.90 Å². The zero-order valence-corrected chi connectivity index (χ0v) is 17.9. The van der Waals surface area contributed by atoms with Crippen LogP contribution in [0, 0.1) is 10.8 Å². The van der Waals surface area contributed by atoms with Gasteiger partial charge >= 0.3 is 5.97 Å². The summed E-state index contributed by atoms with van der Waals surface area (Å²) in [5.74, 6) is 0.366. The molecular formula is C21H21Cl2NO3S. The van der Waals surface area contributed by atoms with Crippen LogP contribution in [0.4, 0.5) is 0 Å². The molecule has 2 aromatic rings. The lowest BCUT2D eigenvalue weighted by Gasteiger charge is -2.28. The van der Waals surface area contributed by atoms with Gasteiger partial charge in [0.1, 0.15) is 16.0 Å². The largest absolute Gasteiger partial charge is 0.481 e. The predicted molar refractivity (Wildman–Crippen MR) is 115 cm³/mol. The molecule has 0 heterocycles. The molecule has 1 aliphatic rings. The summed E-state index contributed by atoms with van der Waals surface area (Å²) in [6.45, 7) is 3.78. The number of para-hydroxylation sites is 1. The second-order valence-electron chi connectivity index (χ2n) is 7.49. The molecule has 1 fully saturated rings. The van der Waals surface area contributed by atoms with Crippen LogP contribution in [0.5, 0.6) is 11.5 Å². The van der Waals surface area contributed by atoms with Gasteiger partial charge in [-0.25, -0.2) is 0 Å². The van der Waals surface area contributed by atoms with E-state index in [1.54, 1.807) is 0 Å². The second kappa shape index (κ2) is 7.99. The van der Waals surface area contributed by atoms with Gasteiger partial charge in [0.2, 0.25) is 0 Å². The lowest BCUT2D eigenvalue weighted by Crippen LogP contribution is -2.30. The number of rotatable bonds is 7. The number of carbonyl (C=O) groups is 1. The first-order chi connectivity index (χ1) is 13.2. The molecule has 148 valence electrons. The molecule has 0 aliphatic heterocycles. The number of thiol groups is 1. The van der Waals surface area contributed by atoms with Crippen molar-refractivity contribution < 1.29 is 14.6 Å². The summed E-state index contributed by atoms with van der Waals surface area (Å²) in [6.07, 6.45) is 0.444. The van der Waals surface area contributed by atoms with Crippen molar-refractivity contribution >= 4 is 42.0 Å². The van der Waals surface area contributed by atoms with Gasteiger partial charge in [-0.2, -0.15) is 0 Å². The molecule has 7 heteroatoms. The molecule has 2 atom stereocenters. The van der Waals surface area contributed by atoms with Crippen molar-refractivity contribution in [2.24, 2.45) is 10.8 Å². The number of aliphatic carboxylic acids is 1. The van der Waals surface area contributed by atoms with Crippen LogP contribution < -0.4 is 9.46 Å². The average molecular weight is 438 g/mol. The van der Waals surface area contributed by atoms with Gasteiger partial charge in [0, 0.05) is 5.57 Å². The normalized spacial score (nSPS) is 20.9. The Kier molecular flexibility index (Phi) is 6.01. The van der Waals surface area contributed by atoms with Gasteiger partial charge in [0.15, 0.2) is 0 Å². The van der Waals surface area contributed by atoms with E-state index in [0.717, 1.165) is 5.56 Å². The number of benzene rings is 2. The molecule has 0 saturated heterocycles. The summed E-state index contributed by atoms with van der Waals surface area (Å²) in [4.78, 5) is 12.2. The SMILES string of the molecule is CC1(C)CC1(C(=O)O)C(=C(Cl)Cl)C(NS)c1cccc(Oc2ccccc2)c1. The van der Waals surface area contributed by atoms with Gasteiger partial charge in [-0.3, -0.25) is 9.52 Å². The van der Waals surface area contributed by atoms with Gasteiger partial charge in [-0.15, -0.1) is 0 Å². The van der Waals surface area contributed by atoms with E-state index in [4.69, 9.17) is 27.9 Å². The van der Waals surface area contributed by atoms with E-state index in [0.29, 0.717) is 23.5 Å². The summed E-state index contributed by atoms with van der Waals surface area (Å²) in [7, 11) is 0. The molecule has 2 aromatic carbocycles. The fourth-order valence-corrected chi connectivity index (χ4v) is 4.58. The smallest absolute Gasteiger partial charge is 0.314 e. The molecule has 2 N–H and O–H groups in total. The minimum absolute atomic E-state index is 0.0612. The van der Waals surface area contributed by atoms with Gasteiger partial charge in [-0.1, -0.05) is 80.2 Å². The first kappa shape index (κ1) is 21.1. The van der Waals surface area contributed by atoms with Gasteiger partial charge < -0.3 is 9.84 Å². The summed E-state index contributed by atoms with van der Waals surface area (Å²) in [6, 6.07) is 16.1. The zero-order chi connectivity index (χ0) is 20.5. The number of carboxylic acid groups (broad SMARTS) is 1. The Labute approximate surface area is 180 Å². The molecule has 1 saturated carbocycles. The highest BCUT2D eigenvalue weighted by Crippen LogP contribution is 2.70. The highest BCUT2D eigenvalue weighted by Gasteiger charge is 2.70. The number of hydrogen-bond acceptors (Lipinski definition) is 4. The lowest BCUT2D eigenvalue weighted by molar-refractivity contribution is -0.143. The molecule has 0 aromatic heterocycles. The van der Waals surface area contributed by atoms with E-state index in [-0.39, 0.29) is 4.49 Å². The third-order valence-electron chi connectivity index (χ3n) is 5.35. The van der Waals surface area contributed by atoms with Crippen molar-refractivity contribution in [3.8, 4) is 11.5 Å². The standard InChI is InChI=1S/C21H21Cl2NO3S/c1-20(2)12-21(20,19(25)26)16(18(22)23)17(24-28)13-7-6-10-15(11-13)27-14-8-4-3-5-9-14/h3-11,17,24,28H,12H2,1-2H3,(H,25,26). The number of hydrogen-bond donors (Lipinski definition) is 3. The van der Waals surface area contributed by atoms with E-state index >= 15 is 0 Å². The predicted octanol–water partition coefficient (Wildman–Crippen LogP) is 6.14. The third-order valence-corrected chi connectivity index (χ3v) is 6.02. The molecule has 2 unspecified atom stereocenters. The monoisotopic (exact) mass is 437 g/mol. The summed E-state index contributed by atoms with van der Waals surface area (Å²) in [5.41, 5.74) is -0.465. The number of ether oxygens (including phenoxy) is 1. The third kappa shape index (κ3) is 3.77. The van der Waals surface area contributed by atoms with Crippen molar-refractivity contribution in [1.82, 2.24) is 4.72 Å². The van der Waals surface area contributed by atoms with E-state index in [1.165, 1.54) is 0 Å². The zero-order valence-electron chi connectivity index (χ0n) is 15.4. The first-order valence-corrected chi connectivity index (χ1v) is 9.95. The molecule has 28 heavy (non-hydrogen) atoms. The number of carboxylic acids is 1. The van der Waals surface area contributed by atoms with Gasteiger partial charge in [0.05, 0.1) is 11.5 Å². The summed E-state index contributed by atoms with van der Waals surface area (Å²) in [5, 5.41) is 9.97. The Bertz CT molecular complexity index is 913. The topological polar surface area (TPSA) is 58.6 Å². The quantitative estimate of drug-likeness (QED) is 0.454. The summed E-state index contributed by atoms with van der Waals surface area (Å²) < 4.78 is 8.71. The number of nitrogens with one attached hydrogen (secondary N) is 1. The maximum Gasteiger partial charge on any atom is 0.314 e. The second-order valence-corrected chi connectivity index (χ2v) is 8.70. The summed E-state index contributed by atoms with van der Waals surface area (Å²) >= 11 is 16.7. The van der Waals surface area contributed by atoms with Crippen molar-refractivity contribution in [2.45, 2.75) is 26.3 Å².